The maximum atomic E-state index is 13.3. The van der Waals surface area contributed by atoms with Gasteiger partial charge in [0.25, 0.3) is 5.91 Å². The Hall–Kier alpha value is -4.46. The first kappa shape index (κ1) is 20.4. The number of carbonyl (C=O) groups excluding carboxylic acids is 1. The molecule has 8 heteroatoms. The average molecular weight is 442 g/mol. The lowest BCUT2D eigenvalue weighted by Crippen LogP contribution is -2.23. The number of nitrogens with one attached hydrogen (secondary N) is 1. The number of aromatic nitrogens is 3. The van der Waals surface area contributed by atoms with Crippen molar-refractivity contribution in [2.75, 3.05) is 0 Å². The topological polar surface area (TPSA) is 100 Å². The van der Waals surface area contributed by atoms with E-state index in [4.69, 9.17) is 0 Å². The quantitative estimate of drug-likeness (QED) is 0.380. The highest BCUT2D eigenvalue weighted by Gasteiger charge is 2.24. The van der Waals surface area contributed by atoms with Crippen molar-refractivity contribution in [3.63, 3.8) is 0 Å². The molecule has 0 spiro atoms. The molecule has 0 saturated heterocycles. The highest BCUT2D eigenvalue weighted by atomic mass is 19.1. The van der Waals surface area contributed by atoms with Crippen molar-refractivity contribution in [1.29, 1.82) is 0 Å². The molecule has 3 aromatic heterocycles. The zero-order valence-electron chi connectivity index (χ0n) is 17.4. The van der Waals surface area contributed by atoms with Gasteiger partial charge in [0.05, 0.1) is 29.7 Å². The summed E-state index contributed by atoms with van der Waals surface area (Å²) in [7, 11) is 0. The number of benzene rings is 2. The smallest absolute Gasteiger partial charge is 0.252 e. The van der Waals surface area contributed by atoms with E-state index in [1.54, 1.807) is 48.8 Å². The van der Waals surface area contributed by atoms with Crippen LogP contribution in [-0.4, -0.2) is 30.7 Å². The third-order valence-corrected chi connectivity index (χ3v) is 5.51. The predicted molar refractivity (Wildman–Crippen MR) is 121 cm³/mol. The molecule has 0 radical (unpaired) electrons. The summed E-state index contributed by atoms with van der Waals surface area (Å²) in [5.41, 5.74) is 1.94. The molecule has 0 fully saturated rings. The molecule has 3 heterocycles. The van der Waals surface area contributed by atoms with Crippen LogP contribution in [0.3, 0.4) is 0 Å². The van der Waals surface area contributed by atoms with Gasteiger partial charge in [-0.05, 0) is 35.9 Å². The maximum Gasteiger partial charge on any atom is 0.252 e. The van der Waals surface area contributed by atoms with Gasteiger partial charge in [0.1, 0.15) is 11.3 Å². The van der Waals surface area contributed by atoms with E-state index in [9.17, 15) is 19.4 Å². The van der Waals surface area contributed by atoms with E-state index in [0.29, 0.717) is 16.5 Å². The molecule has 5 aromatic rings. The number of fused-ring (bicyclic) bond motifs is 2. The van der Waals surface area contributed by atoms with E-state index in [0.717, 1.165) is 5.56 Å². The van der Waals surface area contributed by atoms with Crippen LogP contribution in [0, 0.1) is 5.82 Å². The molecule has 1 amide bonds. The summed E-state index contributed by atoms with van der Waals surface area (Å²) in [6.07, 6.45) is 4.76. The number of carbonyl (C=O) groups is 1. The highest BCUT2D eigenvalue weighted by molar-refractivity contribution is 6.21. The van der Waals surface area contributed by atoms with E-state index in [-0.39, 0.29) is 52.9 Å². The van der Waals surface area contributed by atoms with Crippen LogP contribution >= 0.6 is 0 Å². The summed E-state index contributed by atoms with van der Waals surface area (Å²) in [5, 5.41) is 25.6. The van der Waals surface area contributed by atoms with E-state index >= 15 is 0 Å². The van der Waals surface area contributed by atoms with Crippen molar-refractivity contribution in [3.8, 4) is 11.6 Å². The predicted octanol–water partition coefficient (Wildman–Crippen LogP) is 4.11. The molecule has 0 aliphatic rings. The van der Waals surface area contributed by atoms with E-state index in [1.165, 1.54) is 22.9 Å². The zero-order valence-corrected chi connectivity index (χ0v) is 17.4. The number of hydrogen-bond donors (Lipinski definition) is 3. The second-order valence-corrected chi connectivity index (χ2v) is 7.62. The number of halogens is 1. The first-order chi connectivity index (χ1) is 16.0. The number of phenols is 1. The van der Waals surface area contributed by atoms with Crippen molar-refractivity contribution in [2.45, 2.75) is 13.1 Å². The normalized spacial score (nSPS) is 11.2. The molecule has 2 aromatic carbocycles. The van der Waals surface area contributed by atoms with Gasteiger partial charge in [-0.15, -0.1) is 0 Å². The fourth-order valence-corrected chi connectivity index (χ4v) is 3.94. The van der Waals surface area contributed by atoms with Gasteiger partial charge in [-0.1, -0.05) is 24.3 Å². The molecule has 0 atom stereocenters. The second-order valence-electron chi connectivity index (χ2n) is 7.62. The molecule has 0 unspecified atom stereocenters. The number of phenolic OH excluding ortho intramolecular Hbond substituents is 1. The van der Waals surface area contributed by atoms with Crippen molar-refractivity contribution in [2.24, 2.45) is 0 Å². The third kappa shape index (κ3) is 3.71. The van der Waals surface area contributed by atoms with Crippen molar-refractivity contribution in [1.82, 2.24) is 19.9 Å². The molecule has 7 nitrogen and oxygen atoms in total. The lowest BCUT2D eigenvalue weighted by molar-refractivity contribution is 0.0953. The summed E-state index contributed by atoms with van der Waals surface area (Å²) >= 11 is 0. The summed E-state index contributed by atoms with van der Waals surface area (Å²) < 4.78 is 14.8. The minimum Gasteiger partial charge on any atom is -0.505 e. The monoisotopic (exact) mass is 442 g/mol. The fourth-order valence-electron chi connectivity index (χ4n) is 3.94. The third-order valence-electron chi connectivity index (χ3n) is 5.51. The van der Waals surface area contributed by atoms with E-state index in [2.05, 4.69) is 15.3 Å². The first-order valence-electron chi connectivity index (χ1n) is 10.3. The van der Waals surface area contributed by atoms with Gasteiger partial charge in [-0.25, -0.2) is 4.39 Å². The minimum absolute atomic E-state index is 0.131. The van der Waals surface area contributed by atoms with Gasteiger partial charge in [-0.2, -0.15) is 0 Å². The van der Waals surface area contributed by atoms with Crippen LogP contribution in [0.15, 0.2) is 73.2 Å². The molecule has 0 saturated carbocycles. The van der Waals surface area contributed by atoms with Crippen molar-refractivity contribution < 1.29 is 19.4 Å². The molecule has 3 N–H and O–H groups in total. The molecule has 164 valence electrons. The van der Waals surface area contributed by atoms with Gasteiger partial charge in [0.2, 0.25) is 5.88 Å². The molecule has 0 aliphatic carbocycles. The molecular weight excluding hydrogens is 423 g/mol. The van der Waals surface area contributed by atoms with Crippen LogP contribution in [0.5, 0.6) is 11.6 Å². The fraction of sp³-hybridized carbons (Fsp3) is 0.0800. The molecule has 0 aliphatic heterocycles. The second kappa shape index (κ2) is 8.23. The number of rotatable bonds is 5. The lowest BCUT2D eigenvalue weighted by atomic mass is 10.0. The van der Waals surface area contributed by atoms with Crippen LogP contribution in [0.25, 0.3) is 21.7 Å². The lowest BCUT2D eigenvalue weighted by Gasteiger charge is -2.11. The minimum atomic E-state index is -0.386. The van der Waals surface area contributed by atoms with Gasteiger partial charge in [0, 0.05) is 29.4 Å². The maximum absolute atomic E-state index is 13.3. The standard InChI is InChI=1S/C25H19FN4O3/c26-16-8-6-15(7-9-16)13-30-14-19-20(24(32)29-12-17-4-1-2-10-27-17)18-5-3-11-28-22(18)23(31)21(19)25(30)33/h1-11,14,31,33H,12-13H2,(H,29,32). The van der Waals surface area contributed by atoms with Crippen LogP contribution in [0.1, 0.15) is 21.6 Å². The highest BCUT2D eigenvalue weighted by Crippen LogP contribution is 2.42. The number of aromatic hydroxyl groups is 2. The van der Waals surface area contributed by atoms with Crippen LogP contribution in [0.4, 0.5) is 4.39 Å². The number of hydrogen-bond acceptors (Lipinski definition) is 5. The zero-order chi connectivity index (χ0) is 22.9. The summed E-state index contributed by atoms with van der Waals surface area (Å²) in [4.78, 5) is 21.7. The Morgan fingerprint density at radius 1 is 0.970 bits per heavy atom. The Labute approximate surface area is 187 Å². The summed E-state index contributed by atoms with van der Waals surface area (Å²) in [6, 6.07) is 14.7. The largest absolute Gasteiger partial charge is 0.505 e. The molecule has 33 heavy (non-hydrogen) atoms. The summed E-state index contributed by atoms with van der Waals surface area (Å²) in [6.45, 7) is 0.436. The Balaban J connectivity index is 1.63. The number of amides is 1. The van der Waals surface area contributed by atoms with E-state index < -0.39 is 0 Å². The Morgan fingerprint density at radius 2 is 1.76 bits per heavy atom. The van der Waals surface area contributed by atoms with E-state index in [1.807, 2.05) is 6.07 Å². The van der Waals surface area contributed by atoms with Gasteiger partial charge in [-0.3, -0.25) is 14.8 Å². The van der Waals surface area contributed by atoms with Crippen LogP contribution in [-0.2, 0) is 13.1 Å². The van der Waals surface area contributed by atoms with Gasteiger partial charge >= 0.3 is 0 Å². The van der Waals surface area contributed by atoms with Gasteiger partial charge in [0.15, 0.2) is 5.75 Å². The Bertz CT molecular complexity index is 1480. The molecular formula is C25H19FN4O3. The SMILES string of the molecule is O=C(NCc1ccccn1)c1c2cccnc2c(O)c2c(O)n(Cc3ccc(F)cc3)cc12. The average Bonchev–Trinajstić information content (AvgIpc) is 3.15. The first-order valence-corrected chi connectivity index (χ1v) is 10.3. The van der Waals surface area contributed by atoms with Crippen molar-refractivity contribution >= 4 is 27.6 Å². The number of nitrogens with zero attached hydrogens (tertiary/aromatic N) is 3. The molecule has 5 rings (SSSR count). The van der Waals surface area contributed by atoms with Gasteiger partial charge < -0.3 is 20.1 Å². The van der Waals surface area contributed by atoms with Crippen molar-refractivity contribution in [3.05, 3.63) is 95.8 Å². The summed E-state index contributed by atoms with van der Waals surface area (Å²) in [5.74, 6) is -1.17. The van der Waals surface area contributed by atoms with Crippen LogP contribution < -0.4 is 5.32 Å². The molecule has 0 bridgehead atoms. The Kier molecular flexibility index (Phi) is 5.10. The number of pyridine rings is 2. The van der Waals surface area contributed by atoms with Crippen LogP contribution in [0.2, 0.25) is 0 Å². The Morgan fingerprint density at radius 3 is 2.52 bits per heavy atom.